The minimum Gasteiger partial charge on any atom is -0.343 e. The molecule has 4 N–H and O–H groups in total. The van der Waals surface area contributed by atoms with E-state index in [-0.39, 0.29) is 6.54 Å². The topological polar surface area (TPSA) is 84.2 Å². The summed E-state index contributed by atoms with van der Waals surface area (Å²) in [5, 5.41) is 2.91. The van der Waals surface area contributed by atoms with Crippen LogP contribution in [0, 0.1) is 0 Å². The number of rotatable bonds is 4. The molecule has 5 nitrogen and oxygen atoms in total. The van der Waals surface area contributed by atoms with Crippen LogP contribution >= 0.6 is 11.6 Å². The first-order chi connectivity index (χ1) is 8.13. The molecule has 0 saturated heterocycles. The molecule has 6 heteroatoms. The van der Waals surface area contributed by atoms with E-state index in [2.05, 4.69) is 5.32 Å². The van der Waals surface area contributed by atoms with E-state index in [1.165, 1.54) is 6.08 Å². The van der Waals surface area contributed by atoms with Crippen molar-refractivity contribution in [3.8, 4) is 0 Å². The fourth-order valence-electron chi connectivity index (χ4n) is 1.05. The van der Waals surface area contributed by atoms with Crippen molar-refractivity contribution >= 4 is 29.5 Å². The molecule has 1 aromatic rings. The van der Waals surface area contributed by atoms with Gasteiger partial charge in [-0.1, -0.05) is 29.8 Å². The molecule has 0 spiro atoms. The average Bonchev–Trinajstić information content (AvgIpc) is 2.35. The number of carbonyl (C=O) groups excluding carboxylic acids is 2. The number of benzene rings is 1. The number of hydrazine groups is 1. The Bertz CT molecular complexity index is 446. The molecule has 0 fully saturated rings. The van der Waals surface area contributed by atoms with Crippen LogP contribution in [0.3, 0.4) is 0 Å². The van der Waals surface area contributed by atoms with Crippen LogP contribution in [0.2, 0.25) is 5.02 Å². The number of hydrogen-bond donors (Lipinski definition) is 3. The molecule has 17 heavy (non-hydrogen) atoms. The second-order valence-corrected chi connectivity index (χ2v) is 3.55. The Labute approximate surface area is 104 Å². The lowest BCUT2D eigenvalue weighted by Crippen LogP contribution is -2.39. The summed E-state index contributed by atoms with van der Waals surface area (Å²) in [4.78, 5) is 22.0. The molecule has 0 aliphatic heterocycles. The van der Waals surface area contributed by atoms with E-state index in [0.29, 0.717) is 5.02 Å². The molecule has 0 aliphatic carbocycles. The highest BCUT2D eigenvalue weighted by Crippen LogP contribution is 2.15. The van der Waals surface area contributed by atoms with Crippen molar-refractivity contribution in [1.82, 2.24) is 10.7 Å². The van der Waals surface area contributed by atoms with Gasteiger partial charge >= 0.3 is 0 Å². The second-order valence-electron chi connectivity index (χ2n) is 3.14. The molecule has 0 aromatic heterocycles. The maximum atomic E-state index is 11.3. The Morgan fingerprint density at radius 2 is 2.06 bits per heavy atom. The fraction of sp³-hybridized carbons (Fsp3) is 0.0909. The van der Waals surface area contributed by atoms with Crippen LogP contribution in [-0.4, -0.2) is 18.4 Å². The zero-order valence-corrected chi connectivity index (χ0v) is 9.70. The van der Waals surface area contributed by atoms with Crippen molar-refractivity contribution in [3.05, 3.63) is 40.9 Å². The summed E-state index contributed by atoms with van der Waals surface area (Å²) in [5.41, 5.74) is 2.63. The van der Waals surface area contributed by atoms with Crippen molar-refractivity contribution in [3.63, 3.8) is 0 Å². The first-order valence-electron chi connectivity index (χ1n) is 4.83. The van der Waals surface area contributed by atoms with E-state index in [0.717, 1.165) is 5.56 Å². The van der Waals surface area contributed by atoms with Crippen LogP contribution in [0.25, 0.3) is 6.08 Å². The number of halogens is 1. The van der Waals surface area contributed by atoms with Gasteiger partial charge in [0, 0.05) is 11.1 Å². The third-order valence-corrected chi connectivity index (χ3v) is 2.25. The van der Waals surface area contributed by atoms with Gasteiger partial charge in [-0.3, -0.25) is 15.0 Å². The van der Waals surface area contributed by atoms with E-state index < -0.39 is 11.8 Å². The van der Waals surface area contributed by atoms with Crippen molar-refractivity contribution in [2.75, 3.05) is 6.54 Å². The van der Waals surface area contributed by atoms with E-state index in [9.17, 15) is 9.59 Å². The van der Waals surface area contributed by atoms with Crippen LogP contribution in [0.5, 0.6) is 0 Å². The minimum atomic E-state index is -0.468. The Morgan fingerprint density at radius 3 is 2.71 bits per heavy atom. The average molecular weight is 254 g/mol. The predicted octanol–water partition coefficient (Wildman–Crippen LogP) is 0.459. The van der Waals surface area contributed by atoms with Crippen LogP contribution in [0.1, 0.15) is 5.56 Å². The highest BCUT2D eigenvalue weighted by molar-refractivity contribution is 6.32. The maximum absolute atomic E-state index is 11.3. The normalized spacial score (nSPS) is 10.2. The summed E-state index contributed by atoms with van der Waals surface area (Å²) >= 11 is 5.89. The number of hydrogen-bond acceptors (Lipinski definition) is 3. The van der Waals surface area contributed by atoms with Crippen LogP contribution in [0.4, 0.5) is 0 Å². The van der Waals surface area contributed by atoms with Crippen molar-refractivity contribution in [2.45, 2.75) is 0 Å². The number of nitrogens with one attached hydrogen (secondary N) is 2. The summed E-state index contributed by atoms with van der Waals surface area (Å²) in [6.45, 7) is -0.164. The zero-order chi connectivity index (χ0) is 12.7. The Hall–Kier alpha value is -1.85. The third-order valence-electron chi connectivity index (χ3n) is 1.90. The van der Waals surface area contributed by atoms with Gasteiger partial charge < -0.3 is 5.32 Å². The molecule has 0 saturated carbocycles. The molecule has 0 unspecified atom stereocenters. The maximum Gasteiger partial charge on any atom is 0.253 e. The summed E-state index contributed by atoms with van der Waals surface area (Å²) in [6, 6.07) is 7.11. The van der Waals surface area contributed by atoms with E-state index in [1.54, 1.807) is 24.3 Å². The largest absolute Gasteiger partial charge is 0.343 e. The molecule has 2 amide bonds. The van der Waals surface area contributed by atoms with Gasteiger partial charge in [0.2, 0.25) is 5.91 Å². The molecule has 0 aliphatic rings. The van der Waals surface area contributed by atoms with Gasteiger partial charge in [0.1, 0.15) is 0 Å². The molecule has 0 atom stereocenters. The van der Waals surface area contributed by atoms with Crippen LogP contribution in [0.15, 0.2) is 30.3 Å². The Morgan fingerprint density at radius 1 is 1.35 bits per heavy atom. The summed E-state index contributed by atoms with van der Waals surface area (Å²) in [6.07, 6.45) is 2.86. The van der Waals surface area contributed by atoms with Gasteiger partial charge in [0.15, 0.2) is 0 Å². The van der Waals surface area contributed by atoms with Gasteiger partial charge in [-0.05, 0) is 17.7 Å². The SMILES string of the molecule is NNC(=O)CNC(=O)/C=C/c1ccccc1Cl. The van der Waals surface area contributed by atoms with Crippen molar-refractivity contribution in [1.29, 1.82) is 0 Å². The number of carbonyl (C=O) groups is 2. The van der Waals surface area contributed by atoms with Gasteiger partial charge in [-0.15, -0.1) is 0 Å². The molecule has 1 rings (SSSR count). The molecule has 90 valence electrons. The van der Waals surface area contributed by atoms with Crippen LogP contribution < -0.4 is 16.6 Å². The molecular weight excluding hydrogens is 242 g/mol. The van der Waals surface area contributed by atoms with Gasteiger partial charge in [-0.2, -0.15) is 0 Å². The Balaban J connectivity index is 2.51. The van der Waals surface area contributed by atoms with E-state index in [1.807, 2.05) is 11.5 Å². The third kappa shape index (κ3) is 4.67. The number of nitrogens with two attached hydrogens (primary N) is 1. The summed E-state index contributed by atoms with van der Waals surface area (Å²) in [5.74, 6) is 3.99. The smallest absolute Gasteiger partial charge is 0.253 e. The molecular formula is C11H12ClN3O2. The van der Waals surface area contributed by atoms with Crippen molar-refractivity contribution in [2.24, 2.45) is 5.84 Å². The molecule has 1 aromatic carbocycles. The first-order valence-corrected chi connectivity index (χ1v) is 5.21. The lowest BCUT2D eigenvalue weighted by atomic mass is 10.2. The quantitative estimate of drug-likeness (QED) is 0.315. The lowest BCUT2D eigenvalue weighted by molar-refractivity contribution is -0.123. The molecule has 0 radical (unpaired) electrons. The van der Waals surface area contributed by atoms with Gasteiger partial charge in [-0.25, -0.2) is 5.84 Å². The summed E-state index contributed by atoms with van der Waals surface area (Å²) < 4.78 is 0. The standard InChI is InChI=1S/C11H12ClN3O2/c12-9-4-2-1-3-8(9)5-6-10(16)14-7-11(17)15-13/h1-6H,7,13H2,(H,14,16)(H,15,17)/b6-5+. The first kappa shape index (κ1) is 13.2. The lowest BCUT2D eigenvalue weighted by Gasteiger charge is -2.00. The monoisotopic (exact) mass is 253 g/mol. The van der Waals surface area contributed by atoms with Crippen molar-refractivity contribution < 1.29 is 9.59 Å². The fourth-order valence-corrected chi connectivity index (χ4v) is 1.25. The van der Waals surface area contributed by atoms with E-state index >= 15 is 0 Å². The molecule has 0 heterocycles. The number of amides is 2. The van der Waals surface area contributed by atoms with E-state index in [4.69, 9.17) is 17.4 Å². The second kappa shape index (κ2) is 6.67. The van der Waals surface area contributed by atoms with Crippen LogP contribution in [-0.2, 0) is 9.59 Å². The van der Waals surface area contributed by atoms with Gasteiger partial charge in [0.05, 0.1) is 6.54 Å². The Kier molecular flexibility index (Phi) is 5.19. The predicted molar refractivity (Wildman–Crippen MR) is 65.8 cm³/mol. The highest BCUT2D eigenvalue weighted by Gasteiger charge is 2.00. The minimum absolute atomic E-state index is 0.164. The zero-order valence-electron chi connectivity index (χ0n) is 8.94. The molecule has 0 bridgehead atoms. The highest BCUT2D eigenvalue weighted by atomic mass is 35.5. The van der Waals surface area contributed by atoms with Gasteiger partial charge in [0.25, 0.3) is 5.91 Å². The summed E-state index contributed by atoms with van der Waals surface area (Å²) in [7, 11) is 0.